The van der Waals surface area contributed by atoms with Crippen molar-refractivity contribution in [3.8, 4) is 0 Å². The Labute approximate surface area is 112 Å². The third kappa shape index (κ3) is 4.71. The number of carbonyl (C=O) groups is 1. The van der Waals surface area contributed by atoms with E-state index >= 15 is 0 Å². The van der Waals surface area contributed by atoms with Crippen LogP contribution in [-0.2, 0) is 16.2 Å². The van der Waals surface area contributed by atoms with E-state index in [1.165, 1.54) is 5.56 Å². The average Bonchev–Trinajstić information content (AvgIpc) is 2.42. The average molecular weight is 262 g/mol. The highest BCUT2D eigenvalue weighted by atomic mass is 16.6. The molecule has 102 valence electrons. The Morgan fingerprint density at radius 2 is 1.95 bits per heavy atom. The van der Waals surface area contributed by atoms with E-state index in [1.807, 2.05) is 18.2 Å². The number of rotatable bonds is 5. The third-order valence-corrected chi connectivity index (χ3v) is 3.06. The molecule has 0 aromatic heterocycles. The molecule has 1 aliphatic rings. The van der Waals surface area contributed by atoms with Crippen molar-refractivity contribution in [3.63, 3.8) is 0 Å². The Morgan fingerprint density at radius 3 is 2.58 bits per heavy atom. The van der Waals surface area contributed by atoms with E-state index in [4.69, 9.17) is 9.94 Å². The summed E-state index contributed by atoms with van der Waals surface area (Å²) in [7, 11) is 0. The maximum absolute atomic E-state index is 10.3. The number of aliphatic carboxylic acids is 1. The zero-order valence-corrected chi connectivity index (χ0v) is 10.8. The molecule has 1 heterocycles. The molecule has 0 unspecified atom stereocenters. The molecule has 1 aromatic carbocycles. The van der Waals surface area contributed by atoms with Gasteiger partial charge in [-0.2, -0.15) is 0 Å². The minimum Gasteiger partial charge on any atom is -0.479 e. The number of benzene rings is 1. The summed E-state index contributed by atoms with van der Waals surface area (Å²) in [5.74, 6) is -0.995. The number of oxime groups is 1. The van der Waals surface area contributed by atoms with Crippen LogP contribution in [0.4, 0.5) is 0 Å². The number of carboxylic acid groups (broad SMARTS) is 1. The van der Waals surface area contributed by atoms with Gasteiger partial charge in [-0.3, -0.25) is 4.90 Å². The number of piperidine rings is 1. The number of hydrogen-bond donors (Lipinski definition) is 1. The van der Waals surface area contributed by atoms with E-state index in [-0.39, 0.29) is 6.61 Å². The van der Waals surface area contributed by atoms with Gasteiger partial charge in [0.05, 0.1) is 5.71 Å². The van der Waals surface area contributed by atoms with Crippen molar-refractivity contribution in [3.05, 3.63) is 35.9 Å². The molecule has 1 aliphatic heterocycles. The van der Waals surface area contributed by atoms with Gasteiger partial charge in [-0.15, -0.1) is 0 Å². The molecule has 0 spiro atoms. The Bertz CT molecular complexity index is 435. The number of nitrogens with zero attached hydrogens (tertiary/aromatic N) is 2. The maximum atomic E-state index is 10.3. The second kappa shape index (κ2) is 6.89. The number of carboxylic acids is 1. The SMILES string of the molecule is O=C(O)CON=C1CCN(Cc2ccccc2)CC1. The summed E-state index contributed by atoms with van der Waals surface area (Å²) in [5.41, 5.74) is 2.26. The van der Waals surface area contributed by atoms with E-state index < -0.39 is 5.97 Å². The lowest BCUT2D eigenvalue weighted by Crippen LogP contribution is -2.33. The molecule has 0 amide bonds. The first-order chi connectivity index (χ1) is 9.24. The fourth-order valence-corrected chi connectivity index (χ4v) is 2.08. The summed E-state index contributed by atoms with van der Waals surface area (Å²) >= 11 is 0. The molecule has 0 radical (unpaired) electrons. The highest BCUT2D eigenvalue weighted by Gasteiger charge is 2.15. The van der Waals surface area contributed by atoms with Crippen molar-refractivity contribution < 1.29 is 14.7 Å². The van der Waals surface area contributed by atoms with Gasteiger partial charge in [0, 0.05) is 32.5 Å². The van der Waals surface area contributed by atoms with Crippen LogP contribution < -0.4 is 0 Å². The van der Waals surface area contributed by atoms with Gasteiger partial charge < -0.3 is 9.94 Å². The van der Waals surface area contributed by atoms with Gasteiger partial charge in [0.1, 0.15) is 0 Å². The van der Waals surface area contributed by atoms with Gasteiger partial charge in [0.15, 0.2) is 0 Å². The standard InChI is InChI=1S/C14H18N2O3/c17-14(18)11-19-15-13-6-8-16(9-7-13)10-12-4-2-1-3-5-12/h1-5H,6-11H2,(H,17,18). The Balaban J connectivity index is 1.75. The van der Waals surface area contributed by atoms with Gasteiger partial charge in [-0.25, -0.2) is 4.79 Å². The first-order valence-corrected chi connectivity index (χ1v) is 6.40. The van der Waals surface area contributed by atoms with Crippen LogP contribution in [0.3, 0.4) is 0 Å². The highest BCUT2D eigenvalue weighted by Crippen LogP contribution is 2.12. The van der Waals surface area contributed by atoms with Crippen molar-refractivity contribution >= 4 is 11.7 Å². The fraction of sp³-hybridized carbons (Fsp3) is 0.429. The lowest BCUT2D eigenvalue weighted by Gasteiger charge is -2.27. The summed E-state index contributed by atoms with van der Waals surface area (Å²) in [5, 5.41) is 12.3. The minimum atomic E-state index is -0.995. The monoisotopic (exact) mass is 262 g/mol. The Hall–Kier alpha value is -1.88. The van der Waals surface area contributed by atoms with Crippen molar-refractivity contribution in [1.29, 1.82) is 0 Å². The molecule has 5 nitrogen and oxygen atoms in total. The summed E-state index contributed by atoms with van der Waals surface area (Å²) in [6.45, 7) is 2.45. The van der Waals surface area contributed by atoms with Gasteiger partial charge in [-0.05, 0) is 5.56 Å². The van der Waals surface area contributed by atoms with E-state index in [1.54, 1.807) is 0 Å². The lowest BCUT2D eigenvalue weighted by atomic mass is 10.1. The van der Waals surface area contributed by atoms with E-state index in [9.17, 15) is 4.79 Å². The highest BCUT2D eigenvalue weighted by molar-refractivity contribution is 5.85. The second-order valence-electron chi connectivity index (χ2n) is 4.59. The Morgan fingerprint density at radius 1 is 1.26 bits per heavy atom. The molecule has 0 bridgehead atoms. The topological polar surface area (TPSA) is 62.1 Å². The normalized spacial score (nSPS) is 16.1. The van der Waals surface area contributed by atoms with Crippen molar-refractivity contribution in [2.75, 3.05) is 19.7 Å². The van der Waals surface area contributed by atoms with Crippen LogP contribution in [0.5, 0.6) is 0 Å². The number of likely N-dealkylation sites (tertiary alicyclic amines) is 1. The predicted molar refractivity (Wildman–Crippen MR) is 72.0 cm³/mol. The molecule has 0 atom stereocenters. The molecular formula is C14H18N2O3. The molecule has 0 saturated carbocycles. The second-order valence-corrected chi connectivity index (χ2v) is 4.59. The zero-order chi connectivity index (χ0) is 13.5. The summed E-state index contributed by atoms with van der Waals surface area (Å²) in [4.78, 5) is 17.4. The quantitative estimate of drug-likeness (QED) is 0.821. The lowest BCUT2D eigenvalue weighted by molar-refractivity contribution is -0.142. The van der Waals surface area contributed by atoms with Crippen LogP contribution in [0.25, 0.3) is 0 Å². The molecule has 19 heavy (non-hydrogen) atoms. The first-order valence-electron chi connectivity index (χ1n) is 6.40. The van der Waals surface area contributed by atoms with E-state index in [0.29, 0.717) is 0 Å². The van der Waals surface area contributed by atoms with Gasteiger partial charge in [0.25, 0.3) is 0 Å². The smallest absolute Gasteiger partial charge is 0.344 e. The van der Waals surface area contributed by atoms with Crippen LogP contribution in [0, 0.1) is 0 Å². The molecular weight excluding hydrogens is 244 g/mol. The maximum Gasteiger partial charge on any atom is 0.344 e. The van der Waals surface area contributed by atoms with Crippen molar-refractivity contribution in [1.82, 2.24) is 4.90 Å². The largest absolute Gasteiger partial charge is 0.479 e. The third-order valence-electron chi connectivity index (χ3n) is 3.06. The summed E-state index contributed by atoms with van der Waals surface area (Å²) < 4.78 is 0. The first kappa shape index (κ1) is 13.5. The minimum absolute atomic E-state index is 0.364. The molecule has 0 aliphatic carbocycles. The van der Waals surface area contributed by atoms with Crippen LogP contribution >= 0.6 is 0 Å². The van der Waals surface area contributed by atoms with E-state index in [0.717, 1.165) is 38.2 Å². The molecule has 1 fully saturated rings. The fourth-order valence-electron chi connectivity index (χ4n) is 2.08. The molecule has 1 aromatic rings. The Kier molecular flexibility index (Phi) is 4.92. The van der Waals surface area contributed by atoms with Gasteiger partial charge >= 0.3 is 5.97 Å². The summed E-state index contributed by atoms with van der Waals surface area (Å²) in [6, 6.07) is 10.4. The van der Waals surface area contributed by atoms with Gasteiger partial charge in [0.2, 0.25) is 6.61 Å². The van der Waals surface area contributed by atoms with Crippen LogP contribution in [-0.4, -0.2) is 41.4 Å². The van der Waals surface area contributed by atoms with Crippen LogP contribution in [0.1, 0.15) is 18.4 Å². The molecule has 1 saturated heterocycles. The summed E-state index contributed by atoms with van der Waals surface area (Å²) in [6.07, 6.45) is 1.68. The van der Waals surface area contributed by atoms with Gasteiger partial charge in [-0.1, -0.05) is 35.5 Å². The molecule has 5 heteroatoms. The molecule has 1 N–H and O–H groups in total. The predicted octanol–water partition coefficient (Wildman–Crippen LogP) is 1.74. The van der Waals surface area contributed by atoms with Crippen molar-refractivity contribution in [2.24, 2.45) is 5.16 Å². The van der Waals surface area contributed by atoms with Crippen molar-refractivity contribution in [2.45, 2.75) is 19.4 Å². The zero-order valence-electron chi connectivity index (χ0n) is 10.8. The van der Waals surface area contributed by atoms with Crippen LogP contribution in [0.15, 0.2) is 35.5 Å². The van der Waals surface area contributed by atoms with Crippen LogP contribution in [0.2, 0.25) is 0 Å². The van der Waals surface area contributed by atoms with E-state index in [2.05, 4.69) is 22.2 Å². The molecule has 2 rings (SSSR count). The number of hydrogen-bond acceptors (Lipinski definition) is 4.